The van der Waals surface area contributed by atoms with Crippen molar-refractivity contribution >= 4 is 22.4 Å². The molecule has 2 aromatic rings. The third-order valence-electron chi connectivity index (χ3n) is 3.79. The van der Waals surface area contributed by atoms with Crippen LogP contribution < -0.4 is 14.8 Å². The highest BCUT2D eigenvalue weighted by molar-refractivity contribution is 7.15. The molecule has 0 bridgehead atoms. The van der Waals surface area contributed by atoms with Gasteiger partial charge in [0, 0.05) is 31.1 Å². The molecular formula is C16H21N5O3S. The van der Waals surface area contributed by atoms with Gasteiger partial charge in [-0.1, -0.05) is 0 Å². The maximum absolute atomic E-state index is 11.1. The zero-order valence-electron chi connectivity index (χ0n) is 14.3. The van der Waals surface area contributed by atoms with Crippen LogP contribution >= 0.6 is 11.3 Å². The number of ether oxygens (including phenoxy) is 2. The Bertz CT molecular complexity index is 723. The van der Waals surface area contributed by atoms with Crippen molar-refractivity contribution in [2.24, 2.45) is 0 Å². The van der Waals surface area contributed by atoms with Crippen LogP contribution in [-0.2, 0) is 11.3 Å². The van der Waals surface area contributed by atoms with Gasteiger partial charge < -0.3 is 14.8 Å². The average molecular weight is 363 g/mol. The second-order valence-corrected chi connectivity index (χ2v) is 6.94. The van der Waals surface area contributed by atoms with Crippen molar-refractivity contribution in [3.8, 4) is 11.8 Å². The van der Waals surface area contributed by atoms with Crippen molar-refractivity contribution in [2.75, 3.05) is 25.5 Å². The Morgan fingerprint density at radius 2 is 2.24 bits per heavy atom. The van der Waals surface area contributed by atoms with Gasteiger partial charge in [0.15, 0.2) is 5.13 Å². The first kappa shape index (κ1) is 17.6. The molecule has 1 saturated heterocycles. The number of likely N-dealkylation sites (tertiary alicyclic amines) is 1. The topological polar surface area (TPSA) is 89.5 Å². The average Bonchev–Trinajstić information content (AvgIpc) is 3.01. The van der Waals surface area contributed by atoms with E-state index in [1.807, 2.05) is 6.20 Å². The lowest BCUT2D eigenvalue weighted by molar-refractivity contribution is -0.114. The molecule has 1 aliphatic rings. The predicted molar refractivity (Wildman–Crippen MR) is 93.9 cm³/mol. The summed E-state index contributed by atoms with van der Waals surface area (Å²) < 4.78 is 11.1. The second kappa shape index (κ2) is 8.21. The standard InChI is InChI=1S/C16H21N5O3S/c1-11(22)20-16-17-7-13(25-16)9-21-5-3-4-12(8-21)24-15-6-14(23-2)18-10-19-15/h6-7,10,12H,3-5,8-9H2,1-2H3,(H,17,20,22). The molecule has 0 radical (unpaired) electrons. The second-order valence-electron chi connectivity index (χ2n) is 5.83. The molecule has 134 valence electrons. The van der Waals surface area contributed by atoms with Gasteiger partial charge in [-0.25, -0.2) is 15.0 Å². The summed E-state index contributed by atoms with van der Waals surface area (Å²) in [5.41, 5.74) is 0. The van der Waals surface area contributed by atoms with Gasteiger partial charge in [-0.2, -0.15) is 0 Å². The van der Waals surface area contributed by atoms with Crippen LogP contribution in [0.15, 0.2) is 18.6 Å². The summed E-state index contributed by atoms with van der Waals surface area (Å²) in [4.78, 5) is 26.9. The van der Waals surface area contributed by atoms with Crippen LogP contribution in [0, 0.1) is 0 Å². The van der Waals surface area contributed by atoms with E-state index in [0.717, 1.165) is 37.4 Å². The number of carbonyl (C=O) groups excluding carboxylic acids is 1. The lowest BCUT2D eigenvalue weighted by atomic mass is 10.1. The molecule has 1 atom stereocenters. The van der Waals surface area contributed by atoms with E-state index in [9.17, 15) is 4.79 Å². The Kier molecular flexibility index (Phi) is 5.77. The number of aromatic nitrogens is 3. The number of piperidine rings is 1. The number of rotatable bonds is 6. The minimum Gasteiger partial charge on any atom is -0.481 e. The molecule has 1 N–H and O–H groups in total. The number of nitrogens with zero attached hydrogens (tertiary/aromatic N) is 4. The number of methoxy groups -OCH3 is 1. The highest BCUT2D eigenvalue weighted by Gasteiger charge is 2.22. The van der Waals surface area contributed by atoms with E-state index in [2.05, 4.69) is 25.2 Å². The van der Waals surface area contributed by atoms with Crippen molar-refractivity contribution in [2.45, 2.75) is 32.4 Å². The van der Waals surface area contributed by atoms with Gasteiger partial charge in [0.2, 0.25) is 17.7 Å². The fraction of sp³-hybridized carbons (Fsp3) is 0.500. The van der Waals surface area contributed by atoms with E-state index < -0.39 is 0 Å². The fourth-order valence-electron chi connectivity index (χ4n) is 2.73. The molecule has 1 fully saturated rings. The Morgan fingerprint density at radius 1 is 1.40 bits per heavy atom. The molecule has 0 aromatic carbocycles. The van der Waals surface area contributed by atoms with Gasteiger partial charge in [0.25, 0.3) is 0 Å². The molecule has 25 heavy (non-hydrogen) atoms. The number of nitrogens with one attached hydrogen (secondary N) is 1. The molecule has 3 rings (SSSR count). The fourth-order valence-corrected chi connectivity index (χ4v) is 3.63. The van der Waals surface area contributed by atoms with Crippen molar-refractivity contribution in [1.29, 1.82) is 0 Å². The van der Waals surface area contributed by atoms with Crippen LogP contribution in [0.3, 0.4) is 0 Å². The predicted octanol–water partition coefficient (Wildman–Crippen LogP) is 1.94. The molecule has 2 aromatic heterocycles. The van der Waals surface area contributed by atoms with Gasteiger partial charge in [-0.05, 0) is 19.4 Å². The summed E-state index contributed by atoms with van der Waals surface area (Å²) in [5.74, 6) is 0.921. The SMILES string of the molecule is COc1cc(OC2CCCN(Cc3cnc(NC(C)=O)s3)C2)ncn1. The molecule has 9 heteroatoms. The molecule has 0 saturated carbocycles. The van der Waals surface area contributed by atoms with Crippen LogP contribution in [0.2, 0.25) is 0 Å². The highest BCUT2D eigenvalue weighted by atomic mass is 32.1. The summed E-state index contributed by atoms with van der Waals surface area (Å²) in [6.07, 6.45) is 5.38. The summed E-state index contributed by atoms with van der Waals surface area (Å²) in [7, 11) is 1.57. The summed E-state index contributed by atoms with van der Waals surface area (Å²) in [5, 5.41) is 3.35. The van der Waals surface area contributed by atoms with Crippen molar-refractivity contribution < 1.29 is 14.3 Å². The quantitative estimate of drug-likeness (QED) is 0.839. The monoisotopic (exact) mass is 363 g/mol. The number of amides is 1. The summed E-state index contributed by atoms with van der Waals surface area (Å²) in [6.45, 7) is 4.11. The van der Waals surface area contributed by atoms with Crippen molar-refractivity contribution in [3.63, 3.8) is 0 Å². The molecular weight excluding hydrogens is 342 g/mol. The van der Waals surface area contributed by atoms with Gasteiger partial charge in [0.05, 0.1) is 13.2 Å². The molecule has 0 aliphatic carbocycles. The number of hydrogen-bond donors (Lipinski definition) is 1. The minimum absolute atomic E-state index is 0.0797. The number of hydrogen-bond acceptors (Lipinski definition) is 8. The van der Waals surface area contributed by atoms with Crippen molar-refractivity contribution in [1.82, 2.24) is 19.9 Å². The largest absolute Gasteiger partial charge is 0.481 e. The lowest BCUT2D eigenvalue weighted by Gasteiger charge is -2.32. The summed E-state index contributed by atoms with van der Waals surface area (Å²) >= 11 is 1.50. The first-order chi connectivity index (χ1) is 12.1. The molecule has 0 spiro atoms. The van der Waals surface area contributed by atoms with Gasteiger partial charge in [-0.3, -0.25) is 9.69 Å². The number of anilines is 1. The van der Waals surface area contributed by atoms with E-state index in [-0.39, 0.29) is 12.0 Å². The molecule has 8 nitrogen and oxygen atoms in total. The van der Waals surface area contributed by atoms with E-state index in [1.54, 1.807) is 13.2 Å². The van der Waals surface area contributed by atoms with E-state index in [1.165, 1.54) is 24.6 Å². The molecule has 1 amide bonds. The van der Waals surface area contributed by atoms with Crippen LogP contribution in [-0.4, -0.2) is 52.1 Å². The first-order valence-corrected chi connectivity index (χ1v) is 8.91. The van der Waals surface area contributed by atoms with Gasteiger partial charge >= 0.3 is 0 Å². The van der Waals surface area contributed by atoms with Crippen LogP contribution in [0.25, 0.3) is 0 Å². The highest BCUT2D eigenvalue weighted by Crippen LogP contribution is 2.23. The summed E-state index contributed by atoms with van der Waals surface area (Å²) in [6, 6.07) is 1.70. The molecule has 3 heterocycles. The Hall–Kier alpha value is -2.26. The lowest BCUT2D eigenvalue weighted by Crippen LogP contribution is -2.40. The Balaban J connectivity index is 1.55. The van der Waals surface area contributed by atoms with E-state index >= 15 is 0 Å². The maximum atomic E-state index is 11.1. The first-order valence-electron chi connectivity index (χ1n) is 8.09. The van der Waals surface area contributed by atoms with Crippen LogP contribution in [0.1, 0.15) is 24.6 Å². The third-order valence-corrected chi connectivity index (χ3v) is 4.69. The number of carbonyl (C=O) groups is 1. The minimum atomic E-state index is -0.104. The molecule has 1 unspecified atom stereocenters. The Labute approximate surface area is 150 Å². The van der Waals surface area contributed by atoms with Crippen LogP contribution in [0.5, 0.6) is 11.8 Å². The van der Waals surface area contributed by atoms with E-state index in [4.69, 9.17) is 9.47 Å². The number of thiazole rings is 1. The van der Waals surface area contributed by atoms with E-state index in [0.29, 0.717) is 16.9 Å². The van der Waals surface area contributed by atoms with Gasteiger partial charge in [0.1, 0.15) is 12.4 Å². The normalized spacial score (nSPS) is 17.9. The smallest absolute Gasteiger partial charge is 0.223 e. The Morgan fingerprint density at radius 3 is 3.04 bits per heavy atom. The third kappa shape index (κ3) is 5.10. The van der Waals surface area contributed by atoms with Crippen LogP contribution in [0.4, 0.5) is 5.13 Å². The van der Waals surface area contributed by atoms with Crippen molar-refractivity contribution in [3.05, 3.63) is 23.5 Å². The zero-order valence-corrected chi connectivity index (χ0v) is 15.1. The zero-order chi connectivity index (χ0) is 17.6. The maximum Gasteiger partial charge on any atom is 0.223 e. The van der Waals surface area contributed by atoms with Gasteiger partial charge in [-0.15, -0.1) is 11.3 Å². The molecule has 1 aliphatic heterocycles.